The second kappa shape index (κ2) is 10.1. The number of ether oxygens (including phenoxy) is 1. The number of aliphatic imine (C=N–C) groups is 1. The molecule has 1 amide bonds. The van der Waals surface area contributed by atoms with E-state index in [4.69, 9.17) is 4.74 Å². The monoisotopic (exact) mass is 400 g/mol. The highest BCUT2D eigenvalue weighted by molar-refractivity contribution is 7.10. The highest BCUT2D eigenvalue weighted by Gasteiger charge is 2.20. The molecule has 28 heavy (non-hydrogen) atoms. The van der Waals surface area contributed by atoms with E-state index in [9.17, 15) is 4.79 Å². The number of guanidine groups is 1. The Morgan fingerprint density at radius 2 is 2.07 bits per heavy atom. The first-order chi connectivity index (χ1) is 13.7. The van der Waals surface area contributed by atoms with Gasteiger partial charge in [0.2, 0.25) is 5.91 Å². The van der Waals surface area contributed by atoms with Crippen LogP contribution in [0, 0.1) is 0 Å². The van der Waals surface area contributed by atoms with Crippen molar-refractivity contribution >= 4 is 23.2 Å². The second-order valence-electron chi connectivity index (χ2n) is 6.65. The van der Waals surface area contributed by atoms with Crippen molar-refractivity contribution in [3.05, 3.63) is 51.7 Å². The molecule has 0 radical (unpaired) electrons. The molecule has 2 aromatic rings. The molecule has 7 heteroatoms. The van der Waals surface area contributed by atoms with Crippen LogP contribution in [0.2, 0.25) is 0 Å². The van der Waals surface area contributed by atoms with Crippen molar-refractivity contribution in [3.63, 3.8) is 0 Å². The topological polar surface area (TPSA) is 66.0 Å². The minimum Gasteiger partial charge on any atom is -0.497 e. The van der Waals surface area contributed by atoms with Crippen molar-refractivity contribution in [1.29, 1.82) is 0 Å². The van der Waals surface area contributed by atoms with E-state index in [1.54, 1.807) is 18.4 Å². The Bertz CT molecular complexity index is 801. The van der Waals surface area contributed by atoms with Gasteiger partial charge in [-0.2, -0.15) is 0 Å². The molecular formula is C21H28N4O2S. The minimum absolute atomic E-state index is 0.190. The zero-order chi connectivity index (χ0) is 19.8. The summed E-state index contributed by atoms with van der Waals surface area (Å²) in [4.78, 5) is 20.5. The zero-order valence-corrected chi connectivity index (χ0v) is 17.3. The fraction of sp³-hybridized carbons (Fsp3) is 0.429. The van der Waals surface area contributed by atoms with E-state index >= 15 is 0 Å². The van der Waals surface area contributed by atoms with E-state index in [0.717, 1.165) is 43.3 Å². The van der Waals surface area contributed by atoms with Crippen LogP contribution in [0.25, 0.3) is 0 Å². The van der Waals surface area contributed by atoms with E-state index in [2.05, 4.69) is 27.1 Å². The molecule has 0 spiro atoms. The third-order valence-electron chi connectivity index (χ3n) is 4.71. The lowest BCUT2D eigenvalue weighted by Gasteiger charge is -2.27. The molecule has 6 nitrogen and oxygen atoms in total. The highest BCUT2D eigenvalue weighted by atomic mass is 32.1. The molecule has 0 saturated heterocycles. The fourth-order valence-electron chi connectivity index (χ4n) is 3.15. The first kappa shape index (κ1) is 20.2. The summed E-state index contributed by atoms with van der Waals surface area (Å²) in [6.45, 7) is 5.50. The molecule has 0 bridgehead atoms. The molecule has 0 atom stereocenters. The summed E-state index contributed by atoms with van der Waals surface area (Å²) in [6.07, 6.45) is 1.44. The van der Waals surface area contributed by atoms with Crippen LogP contribution >= 0.6 is 11.3 Å². The number of carbonyl (C=O) groups excluding carboxylic acids is 1. The molecule has 1 aliphatic heterocycles. The molecule has 0 unspecified atom stereocenters. The van der Waals surface area contributed by atoms with Gasteiger partial charge in [-0.15, -0.1) is 11.3 Å². The van der Waals surface area contributed by atoms with Gasteiger partial charge in [0.1, 0.15) is 5.75 Å². The molecule has 1 aliphatic rings. The van der Waals surface area contributed by atoms with E-state index in [1.165, 1.54) is 10.4 Å². The standard InChI is InChI=1S/C21H28N4O2S/c1-3-22-21(24-14-16-4-6-18(27-2)7-5-16)23-11-8-20(26)25-12-9-19-17(15-25)10-13-28-19/h4-7,10,13H,3,8-9,11-12,14-15H2,1-2H3,(H2,22,23,24). The van der Waals surface area contributed by atoms with Gasteiger partial charge in [-0.05, 0) is 48.1 Å². The Morgan fingerprint density at radius 1 is 1.25 bits per heavy atom. The van der Waals surface area contributed by atoms with Gasteiger partial charge in [-0.25, -0.2) is 4.99 Å². The minimum atomic E-state index is 0.190. The number of benzene rings is 1. The lowest BCUT2D eigenvalue weighted by Crippen LogP contribution is -2.41. The van der Waals surface area contributed by atoms with Crippen LogP contribution in [0.4, 0.5) is 0 Å². The SMILES string of the molecule is CCNC(=NCc1ccc(OC)cc1)NCCC(=O)N1CCc2sccc2C1. The summed E-state index contributed by atoms with van der Waals surface area (Å²) in [6, 6.07) is 10.0. The maximum atomic E-state index is 12.5. The van der Waals surface area contributed by atoms with Crippen LogP contribution in [0.15, 0.2) is 40.7 Å². The molecule has 2 heterocycles. The third-order valence-corrected chi connectivity index (χ3v) is 5.74. The number of nitrogens with one attached hydrogen (secondary N) is 2. The van der Waals surface area contributed by atoms with Crippen LogP contribution in [-0.2, 0) is 24.3 Å². The number of thiophene rings is 1. The largest absolute Gasteiger partial charge is 0.497 e. The first-order valence-electron chi connectivity index (χ1n) is 9.67. The van der Waals surface area contributed by atoms with Crippen molar-refractivity contribution in [3.8, 4) is 5.75 Å². The third kappa shape index (κ3) is 5.48. The zero-order valence-electron chi connectivity index (χ0n) is 16.5. The van der Waals surface area contributed by atoms with Gasteiger partial charge in [-0.1, -0.05) is 12.1 Å². The van der Waals surface area contributed by atoms with E-state index < -0.39 is 0 Å². The van der Waals surface area contributed by atoms with Crippen LogP contribution in [0.1, 0.15) is 29.3 Å². The predicted molar refractivity (Wildman–Crippen MR) is 114 cm³/mol. The Hall–Kier alpha value is -2.54. The maximum Gasteiger partial charge on any atom is 0.224 e. The van der Waals surface area contributed by atoms with Crippen LogP contribution in [-0.4, -0.2) is 43.5 Å². The lowest BCUT2D eigenvalue weighted by molar-refractivity contribution is -0.131. The normalized spacial score (nSPS) is 13.8. The number of amides is 1. The quantitative estimate of drug-likeness (QED) is 0.554. The van der Waals surface area contributed by atoms with Gasteiger partial charge >= 0.3 is 0 Å². The molecular weight excluding hydrogens is 372 g/mol. The number of carbonyl (C=O) groups is 1. The Balaban J connectivity index is 1.47. The van der Waals surface area contributed by atoms with Crippen molar-refractivity contribution < 1.29 is 9.53 Å². The molecule has 0 aliphatic carbocycles. The van der Waals surface area contributed by atoms with Gasteiger partial charge in [0.15, 0.2) is 5.96 Å². The Kier molecular flexibility index (Phi) is 7.31. The molecule has 150 valence electrons. The lowest BCUT2D eigenvalue weighted by atomic mass is 10.1. The van der Waals surface area contributed by atoms with Gasteiger partial charge in [0.25, 0.3) is 0 Å². The average molecular weight is 401 g/mol. The van der Waals surface area contributed by atoms with Crippen LogP contribution in [0.5, 0.6) is 5.75 Å². The summed E-state index contributed by atoms with van der Waals surface area (Å²) in [7, 11) is 1.66. The molecule has 0 saturated carbocycles. The highest BCUT2D eigenvalue weighted by Crippen LogP contribution is 2.24. The summed E-state index contributed by atoms with van der Waals surface area (Å²) < 4.78 is 5.18. The number of fused-ring (bicyclic) bond motifs is 1. The number of methoxy groups -OCH3 is 1. The fourth-order valence-corrected chi connectivity index (χ4v) is 4.04. The Morgan fingerprint density at radius 3 is 2.82 bits per heavy atom. The van der Waals surface area contributed by atoms with Gasteiger partial charge in [0, 0.05) is 37.5 Å². The van der Waals surface area contributed by atoms with Crippen molar-refractivity contribution in [2.45, 2.75) is 32.9 Å². The van der Waals surface area contributed by atoms with Crippen LogP contribution < -0.4 is 15.4 Å². The first-order valence-corrected chi connectivity index (χ1v) is 10.6. The van der Waals surface area contributed by atoms with Crippen molar-refractivity contribution in [2.24, 2.45) is 4.99 Å². The predicted octanol–water partition coefficient (Wildman–Crippen LogP) is 2.79. The molecule has 3 rings (SSSR count). The molecule has 0 fully saturated rings. The van der Waals surface area contributed by atoms with Gasteiger partial charge < -0.3 is 20.3 Å². The van der Waals surface area contributed by atoms with E-state index in [1.807, 2.05) is 36.1 Å². The number of nitrogens with zero attached hydrogens (tertiary/aromatic N) is 2. The van der Waals surface area contributed by atoms with E-state index in [0.29, 0.717) is 19.5 Å². The molecule has 1 aromatic carbocycles. The maximum absolute atomic E-state index is 12.5. The second-order valence-corrected chi connectivity index (χ2v) is 7.65. The molecule has 1 aromatic heterocycles. The summed E-state index contributed by atoms with van der Waals surface area (Å²) >= 11 is 1.79. The van der Waals surface area contributed by atoms with Crippen LogP contribution in [0.3, 0.4) is 0 Å². The number of rotatable bonds is 7. The number of hydrogen-bond donors (Lipinski definition) is 2. The average Bonchev–Trinajstić information content (AvgIpc) is 3.20. The van der Waals surface area contributed by atoms with E-state index in [-0.39, 0.29) is 5.91 Å². The smallest absolute Gasteiger partial charge is 0.224 e. The van der Waals surface area contributed by atoms with Crippen molar-refractivity contribution in [1.82, 2.24) is 15.5 Å². The summed E-state index contributed by atoms with van der Waals surface area (Å²) in [5, 5.41) is 8.61. The summed E-state index contributed by atoms with van der Waals surface area (Å²) in [5.74, 6) is 1.75. The Labute approximate surface area is 170 Å². The number of hydrogen-bond acceptors (Lipinski definition) is 4. The summed E-state index contributed by atoms with van der Waals surface area (Å²) in [5.41, 5.74) is 2.40. The van der Waals surface area contributed by atoms with Crippen molar-refractivity contribution in [2.75, 3.05) is 26.7 Å². The van der Waals surface area contributed by atoms with Gasteiger partial charge in [0.05, 0.1) is 13.7 Å². The van der Waals surface area contributed by atoms with Gasteiger partial charge in [-0.3, -0.25) is 4.79 Å². The molecule has 2 N–H and O–H groups in total.